The summed E-state index contributed by atoms with van der Waals surface area (Å²) in [5, 5.41) is 5.73. The number of likely N-dealkylation sites (N-methyl/N-ethyl adjacent to an activating group) is 1. The van der Waals surface area contributed by atoms with Crippen LogP contribution in [0.4, 0.5) is 26.3 Å². The zero-order valence-electron chi connectivity index (χ0n) is 15.0. The molecule has 0 radical (unpaired) electrons. The Balaban J connectivity index is 0.00000676. The molecule has 0 aromatic heterocycles. The van der Waals surface area contributed by atoms with Crippen LogP contribution in [0.25, 0.3) is 0 Å². The van der Waals surface area contributed by atoms with Gasteiger partial charge in [0.1, 0.15) is 13.1 Å². The molecule has 6 nitrogen and oxygen atoms in total. The van der Waals surface area contributed by atoms with Crippen molar-refractivity contribution in [2.45, 2.75) is 31.7 Å². The molecule has 1 aliphatic heterocycles. The van der Waals surface area contributed by atoms with Gasteiger partial charge in [0.25, 0.3) is 0 Å². The van der Waals surface area contributed by atoms with Crippen LogP contribution in [0.2, 0.25) is 0 Å². The topological polar surface area (TPSA) is 60.0 Å². The van der Waals surface area contributed by atoms with Gasteiger partial charge in [0.15, 0.2) is 5.96 Å². The molecule has 1 aliphatic rings. The van der Waals surface area contributed by atoms with Gasteiger partial charge in [0.05, 0.1) is 6.54 Å². The monoisotopic (exact) mass is 519 g/mol. The summed E-state index contributed by atoms with van der Waals surface area (Å²) >= 11 is 0. The largest absolute Gasteiger partial charge is 0.406 e. The van der Waals surface area contributed by atoms with Gasteiger partial charge in [-0.05, 0) is 13.3 Å². The van der Waals surface area contributed by atoms with Crippen LogP contribution in [-0.2, 0) is 4.79 Å². The molecule has 2 N–H and O–H groups in total. The average molecular weight is 519 g/mol. The molecule has 0 aromatic rings. The van der Waals surface area contributed by atoms with Gasteiger partial charge in [0, 0.05) is 32.7 Å². The molecule has 0 saturated carbocycles. The van der Waals surface area contributed by atoms with Crippen LogP contribution in [-0.4, -0.2) is 86.4 Å². The van der Waals surface area contributed by atoms with Crippen molar-refractivity contribution in [3.05, 3.63) is 0 Å². The molecule has 13 heteroatoms. The molecule has 160 valence electrons. The van der Waals surface area contributed by atoms with Gasteiger partial charge < -0.3 is 15.5 Å². The first-order valence-electron chi connectivity index (χ1n) is 8.04. The molecule has 1 amide bonds. The first-order chi connectivity index (χ1) is 11.9. The minimum atomic E-state index is -4.50. The number of amides is 1. The number of rotatable bonds is 6. The average Bonchev–Trinajstić information content (AvgIpc) is 2.87. The Labute approximate surface area is 170 Å². The SMILES string of the molecule is CCNC(=NCC(=O)N(C)CC(F)(F)F)NC1CCN(CC(F)(F)F)C1.I. The molecule has 1 unspecified atom stereocenters. The molecular formula is C14H24F6IN5O. The number of carbonyl (C=O) groups is 1. The number of likely N-dealkylation sites (tertiary alicyclic amines) is 1. The van der Waals surface area contributed by atoms with E-state index in [-0.39, 0.29) is 49.1 Å². The summed E-state index contributed by atoms with van der Waals surface area (Å²) in [6.45, 7) is -0.271. The quantitative estimate of drug-likeness (QED) is 0.244. The third-order valence-electron chi connectivity index (χ3n) is 3.57. The number of carbonyl (C=O) groups excluding carboxylic acids is 1. The number of alkyl halides is 6. The van der Waals surface area contributed by atoms with E-state index >= 15 is 0 Å². The van der Waals surface area contributed by atoms with Gasteiger partial charge in [-0.25, -0.2) is 4.99 Å². The van der Waals surface area contributed by atoms with Gasteiger partial charge in [-0.15, -0.1) is 24.0 Å². The molecule has 0 aliphatic carbocycles. The minimum Gasteiger partial charge on any atom is -0.357 e. The molecule has 1 heterocycles. The van der Waals surface area contributed by atoms with Gasteiger partial charge in [-0.1, -0.05) is 0 Å². The van der Waals surface area contributed by atoms with Crippen molar-refractivity contribution < 1.29 is 31.1 Å². The second-order valence-electron chi connectivity index (χ2n) is 6.04. The maximum atomic E-state index is 12.4. The molecule has 0 aromatic carbocycles. The highest BCUT2D eigenvalue weighted by molar-refractivity contribution is 14.0. The van der Waals surface area contributed by atoms with E-state index in [0.29, 0.717) is 17.9 Å². The third kappa shape index (κ3) is 11.4. The zero-order chi connectivity index (χ0) is 20.0. The van der Waals surface area contributed by atoms with E-state index < -0.39 is 37.9 Å². The van der Waals surface area contributed by atoms with Crippen molar-refractivity contribution in [1.82, 2.24) is 20.4 Å². The van der Waals surface area contributed by atoms with E-state index in [1.165, 1.54) is 4.90 Å². The summed E-state index contributed by atoms with van der Waals surface area (Å²) in [5.74, 6) is -0.634. The number of nitrogens with zero attached hydrogens (tertiary/aromatic N) is 3. The Morgan fingerprint density at radius 3 is 2.37 bits per heavy atom. The Hall–Kier alpha value is -0.990. The Bertz CT molecular complexity index is 499. The number of guanidine groups is 1. The summed E-state index contributed by atoms with van der Waals surface area (Å²) < 4.78 is 74.0. The van der Waals surface area contributed by atoms with Crippen molar-refractivity contribution in [2.24, 2.45) is 4.99 Å². The normalized spacial score (nSPS) is 18.8. The highest BCUT2D eigenvalue weighted by Crippen LogP contribution is 2.20. The van der Waals surface area contributed by atoms with Crippen LogP contribution < -0.4 is 10.6 Å². The lowest BCUT2D eigenvalue weighted by Crippen LogP contribution is -2.46. The van der Waals surface area contributed by atoms with Crippen molar-refractivity contribution in [1.29, 1.82) is 0 Å². The second-order valence-corrected chi connectivity index (χ2v) is 6.04. The highest BCUT2D eigenvalue weighted by Gasteiger charge is 2.34. The van der Waals surface area contributed by atoms with Gasteiger partial charge in [-0.3, -0.25) is 9.69 Å². The van der Waals surface area contributed by atoms with Gasteiger partial charge in [0.2, 0.25) is 5.91 Å². The predicted molar refractivity (Wildman–Crippen MR) is 99.1 cm³/mol. The molecule has 1 fully saturated rings. The lowest BCUT2D eigenvalue weighted by Gasteiger charge is -2.20. The summed E-state index contributed by atoms with van der Waals surface area (Å²) in [7, 11) is 1.03. The molecule has 27 heavy (non-hydrogen) atoms. The molecule has 0 bridgehead atoms. The van der Waals surface area contributed by atoms with Crippen LogP contribution in [0.1, 0.15) is 13.3 Å². The van der Waals surface area contributed by atoms with Gasteiger partial charge >= 0.3 is 12.4 Å². The molecular weight excluding hydrogens is 495 g/mol. The van der Waals surface area contributed by atoms with Crippen molar-refractivity contribution in [3.8, 4) is 0 Å². The van der Waals surface area contributed by atoms with Crippen LogP contribution in [0.5, 0.6) is 0 Å². The van der Waals surface area contributed by atoms with Crippen LogP contribution in [0, 0.1) is 0 Å². The van der Waals surface area contributed by atoms with E-state index in [0.717, 1.165) is 7.05 Å². The Morgan fingerprint density at radius 2 is 1.85 bits per heavy atom. The van der Waals surface area contributed by atoms with Crippen molar-refractivity contribution >= 4 is 35.8 Å². The summed E-state index contributed by atoms with van der Waals surface area (Å²) in [4.78, 5) is 17.4. The number of hydrogen-bond donors (Lipinski definition) is 2. The fraction of sp³-hybridized carbons (Fsp3) is 0.857. The highest BCUT2D eigenvalue weighted by atomic mass is 127. The molecule has 0 spiro atoms. The fourth-order valence-corrected chi connectivity index (χ4v) is 2.49. The maximum absolute atomic E-state index is 12.4. The number of nitrogens with one attached hydrogen (secondary N) is 2. The van der Waals surface area contributed by atoms with Gasteiger partial charge in [-0.2, -0.15) is 26.3 Å². The Kier molecular flexibility index (Phi) is 10.7. The standard InChI is InChI=1S/C14H23F6N5O.HI/c1-3-21-12(22-6-11(26)24(2)8-13(15,16)17)23-10-4-5-25(7-10)9-14(18,19)20;/h10H,3-9H2,1-2H3,(H2,21,22,23);1H. The van der Waals surface area contributed by atoms with Crippen LogP contribution in [0.15, 0.2) is 4.99 Å². The molecule has 1 rings (SSSR count). The number of halogens is 7. The molecule has 1 atom stereocenters. The second kappa shape index (κ2) is 11.1. The third-order valence-corrected chi connectivity index (χ3v) is 3.57. The lowest BCUT2D eigenvalue weighted by atomic mass is 10.3. The molecule has 1 saturated heterocycles. The summed E-state index contributed by atoms with van der Waals surface area (Å²) in [6.07, 6.45) is -8.31. The van der Waals surface area contributed by atoms with E-state index in [4.69, 9.17) is 0 Å². The summed E-state index contributed by atoms with van der Waals surface area (Å²) in [5.41, 5.74) is 0. The van der Waals surface area contributed by atoms with Crippen molar-refractivity contribution in [3.63, 3.8) is 0 Å². The fourth-order valence-electron chi connectivity index (χ4n) is 2.49. The van der Waals surface area contributed by atoms with Crippen LogP contribution in [0.3, 0.4) is 0 Å². The first-order valence-corrected chi connectivity index (χ1v) is 8.04. The Morgan fingerprint density at radius 1 is 1.22 bits per heavy atom. The smallest absolute Gasteiger partial charge is 0.357 e. The van der Waals surface area contributed by atoms with E-state index in [2.05, 4.69) is 15.6 Å². The number of hydrogen-bond acceptors (Lipinski definition) is 3. The minimum absolute atomic E-state index is 0. The van der Waals surface area contributed by atoms with E-state index in [1.54, 1.807) is 6.92 Å². The van der Waals surface area contributed by atoms with E-state index in [1.807, 2.05) is 0 Å². The maximum Gasteiger partial charge on any atom is 0.406 e. The van der Waals surface area contributed by atoms with E-state index in [9.17, 15) is 31.1 Å². The van der Waals surface area contributed by atoms with Crippen LogP contribution >= 0.6 is 24.0 Å². The predicted octanol–water partition coefficient (Wildman–Crippen LogP) is 1.82. The number of aliphatic imine (C=N–C) groups is 1. The van der Waals surface area contributed by atoms with Crippen molar-refractivity contribution in [2.75, 3.05) is 46.3 Å². The first kappa shape index (κ1) is 26.0. The summed E-state index contributed by atoms with van der Waals surface area (Å²) in [6, 6.07) is -0.293. The zero-order valence-corrected chi connectivity index (χ0v) is 17.3. The lowest BCUT2D eigenvalue weighted by molar-refractivity contribution is -0.157.